The second-order valence-corrected chi connectivity index (χ2v) is 8.74. The van der Waals surface area contributed by atoms with Gasteiger partial charge in [0.2, 0.25) is 19.5 Å². The van der Waals surface area contributed by atoms with Crippen LogP contribution in [0.25, 0.3) is 0 Å². The molecule has 1 aliphatic rings. The summed E-state index contributed by atoms with van der Waals surface area (Å²) in [5.74, 6) is 0.322. The Kier molecular flexibility index (Phi) is 9.26. The van der Waals surface area contributed by atoms with Crippen LogP contribution in [0.3, 0.4) is 0 Å². The number of nitrogen functional groups attached to an aromatic ring is 1. The summed E-state index contributed by atoms with van der Waals surface area (Å²) in [5.41, 5.74) is 5.47. The number of carbonyl (C=O) groups excluding carboxylic acids is 2. The van der Waals surface area contributed by atoms with E-state index in [1.165, 1.54) is 0 Å². The third kappa shape index (κ3) is 7.67. The first-order valence-corrected chi connectivity index (χ1v) is 11.1. The zero-order valence-corrected chi connectivity index (χ0v) is 18.7. The van der Waals surface area contributed by atoms with Crippen molar-refractivity contribution >= 4 is 37.7 Å². The lowest BCUT2D eigenvalue weighted by atomic mass is 10.3. The number of aromatic nitrogens is 2. The van der Waals surface area contributed by atoms with Crippen molar-refractivity contribution in [3.63, 3.8) is 0 Å². The molecule has 2 unspecified atom stereocenters. The second-order valence-electron chi connectivity index (χ2n) is 6.74. The monoisotopic (exact) mass is 479 g/mol. The fourth-order valence-corrected chi connectivity index (χ4v) is 3.58. The van der Waals surface area contributed by atoms with Gasteiger partial charge in [-0.05, 0) is 20.8 Å². The van der Waals surface area contributed by atoms with Crippen molar-refractivity contribution in [2.75, 3.05) is 49.1 Å². The molecule has 15 nitrogen and oxygen atoms in total. The first kappa shape index (κ1) is 25.4. The molecule has 0 amide bonds. The number of hydrogen-bond acceptors (Lipinski definition) is 14. The van der Waals surface area contributed by atoms with Crippen LogP contribution in [-0.2, 0) is 37.4 Å². The van der Waals surface area contributed by atoms with Crippen molar-refractivity contribution in [3.8, 4) is 0 Å². The van der Waals surface area contributed by atoms with Gasteiger partial charge in [0.15, 0.2) is 5.82 Å². The maximum Gasteiger partial charge on any atom is 0.510 e. The maximum absolute atomic E-state index is 12.8. The Bertz CT molecular complexity index is 894. The van der Waals surface area contributed by atoms with E-state index in [2.05, 4.69) is 24.8 Å². The summed E-state index contributed by atoms with van der Waals surface area (Å²) in [6.45, 7) is 4.15. The molecule has 1 aromatic rings. The molecule has 1 aliphatic heterocycles. The summed E-state index contributed by atoms with van der Waals surface area (Å²) in [4.78, 5) is 41.8. The highest BCUT2D eigenvalue weighted by Gasteiger charge is 2.30. The van der Waals surface area contributed by atoms with Gasteiger partial charge in [0.05, 0.1) is 18.9 Å². The lowest BCUT2D eigenvalue weighted by Gasteiger charge is -2.24. The average Bonchev–Trinajstić information content (AvgIpc) is 3.09. The average molecular weight is 479 g/mol. The summed E-state index contributed by atoms with van der Waals surface area (Å²) in [6.07, 6.45) is -2.52. The Balaban J connectivity index is 1.91. The smallest absolute Gasteiger partial charge is 0.440 e. The number of hydrogen-bond donors (Lipinski definition) is 3. The molecule has 0 spiro atoms. The molecule has 0 aromatic carbocycles. The first-order valence-electron chi connectivity index (χ1n) is 9.40. The van der Waals surface area contributed by atoms with Gasteiger partial charge in [-0.15, -0.1) is 0 Å². The van der Waals surface area contributed by atoms with Crippen molar-refractivity contribution in [2.45, 2.75) is 33.0 Å². The number of anilines is 3. The number of ether oxygens (including phenoxy) is 4. The molecule has 2 heterocycles. The molecule has 0 saturated carbocycles. The van der Waals surface area contributed by atoms with Gasteiger partial charge in [0.25, 0.3) is 12.0 Å². The molecule has 0 radical (unpaired) electrons. The Hall–Kier alpha value is -2.87. The molecule has 180 valence electrons. The summed E-state index contributed by atoms with van der Waals surface area (Å²) >= 11 is 0. The fourth-order valence-electron chi connectivity index (χ4n) is 2.48. The zero-order chi connectivity index (χ0) is 23.7. The van der Waals surface area contributed by atoms with Crippen LogP contribution in [0.2, 0.25) is 0 Å². The molecule has 1 aromatic heterocycles. The van der Waals surface area contributed by atoms with Gasteiger partial charge in [-0.25, -0.2) is 4.79 Å². The van der Waals surface area contributed by atoms with Crippen molar-refractivity contribution in [1.82, 2.24) is 9.97 Å². The largest absolute Gasteiger partial charge is 0.510 e. The number of aromatic amines is 1. The quantitative estimate of drug-likeness (QED) is 0.118. The van der Waals surface area contributed by atoms with E-state index >= 15 is 0 Å². The highest BCUT2D eigenvalue weighted by atomic mass is 31.2. The van der Waals surface area contributed by atoms with Crippen LogP contribution in [0.1, 0.15) is 20.8 Å². The van der Waals surface area contributed by atoms with Crippen LogP contribution in [0.4, 0.5) is 22.2 Å². The number of nitrogens with zero attached hydrogens (tertiary/aromatic N) is 2. The van der Waals surface area contributed by atoms with Crippen molar-refractivity contribution < 1.29 is 42.1 Å². The van der Waals surface area contributed by atoms with Gasteiger partial charge in [0, 0.05) is 6.54 Å². The molecule has 0 aliphatic carbocycles. The zero-order valence-electron chi connectivity index (χ0n) is 17.8. The summed E-state index contributed by atoms with van der Waals surface area (Å²) in [7, 11) is -3.98. The molecular formula is C16H26N5O10P. The highest BCUT2D eigenvalue weighted by molar-refractivity contribution is 7.53. The molecule has 2 atom stereocenters. The Labute approximate surface area is 183 Å². The lowest BCUT2D eigenvalue weighted by Crippen LogP contribution is -2.33. The molecule has 0 fully saturated rings. The van der Waals surface area contributed by atoms with Gasteiger partial charge in [0.1, 0.15) is 12.0 Å². The van der Waals surface area contributed by atoms with Crippen LogP contribution in [-0.4, -0.2) is 68.0 Å². The number of H-pyrrole nitrogens is 1. The van der Waals surface area contributed by atoms with E-state index in [0.29, 0.717) is 5.82 Å². The van der Waals surface area contributed by atoms with Crippen molar-refractivity contribution in [2.24, 2.45) is 0 Å². The lowest BCUT2D eigenvalue weighted by molar-refractivity contribution is -0.135. The number of rotatable bonds is 13. The van der Waals surface area contributed by atoms with Crippen molar-refractivity contribution in [1.29, 1.82) is 0 Å². The predicted molar refractivity (Wildman–Crippen MR) is 110 cm³/mol. The van der Waals surface area contributed by atoms with Crippen LogP contribution >= 0.6 is 7.60 Å². The van der Waals surface area contributed by atoms with E-state index in [1.807, 2.05) is 0 Å². The molecule has 4 N–H and O–H groups in total. The highest BCUT2D eigenvalue weighted by Crippen LogP contribution is 2.48. The van der Waals surface area contributed by atoms with Gasteiger partial charge in [-0.1, -0.05) is 0 Å². The minimum Gasteiger partial charge on any atom is -0.440 e. The second kappa shape index (κ2) is 11.7. The third-order valence-electron chi connectivity index (χ3n) is 3.80. The van der Waals surface area contributed by atoms with E-state index in [-0.39, 0.29) is 31.3 Å². The number of nitrogens with one attached hydrogen (secondary N) is 2. The fraction of sp³-hybridized carbons (Fsp3) is 0.625. The van der Waals surface area contributed by atoms with Gasteiger partial charge in [-0.3, -0.25) is 28.2 Å². The van der Waals surface area contributed by atoms with Gasteiger partial charge >= 0.3 is 13.8 Å². The normalized spacial score (nSPS) is 15.4. The van der Waals surface area contributed by atoms with Crippen molar-refractivity contribution in [3.05, 3.63) is 10.4 Å². The van der Waals surface area contributed by atoms with E-state index in [0.717, 1.165) is 0 Å². The number of carbonyl (C=O) groups is 2. The topological polar surface area (TPSA) is 194 Å². The minimum atomic E-state index is -3.98. The van der Waals surface area contributed by atoms with Crippen LogP contribution in [0, 0.1) is 0 Å². The molecular weight excluding hydrogens is 453 g/mol. The SMILES string of the molecule is CC(C)OC(=O)OCOP(=O)(COC(C)CN1CNc2c1nc(N)[nH]c2=O)OCOC=O. The van der Waals surface area contributed by atoms with E-state index in [9.17, 15) is 18.9 Å². The van der Waals surface area contributed by atoms with Crippen LogP contribution in [0.15, 0.2) is 4.79 Å². The Morgan fingerprint density at radius 2 is 2.03 bits per heavy atom. The third-order valence-corrected chi connectivity index (χ3v) is 5.27. The molecule has 16 heteroatoms. The predicted octanol–water partition coefficient (Wildman–Crippen LogP) is 0.780. The molecule has 0 saturated heterocycles. The first-order chi connectivity index (χ1) is 15.1. The summed E-state index contributed by atoms with van der Waals surface area (Å²) < 4.78 is 42.2. The van der Waals surface area contributed by atoms with Crippen LogP contribution in [0.5, 0.6) is 0 Å². The molecule has 32 heavy (non-hydrogen) atoms. The Morgan fingerprint density at radius 3 is 2.72 bits per heavy atom. The standard InChI is InChI=1S/C16H26N5O10P/c1-10(2)31-16(24)27-8-30-32(25,29-7-26-6-22)9-28-11(3)4-21-5-18-12-13(21)19-15(17)20-14(12)23/h6,10-11,18H,4-5,7-9H2,1-3H3,(H3,17,19,20,23). The van der Waals surface area contributed by atoms with E-state index < -0.39 is 51.5 Å². The maximum atomic E-state index is 12.8. The van der Waals surface area contributed by atoms with Gasteiger partial charge < -0.3 is 34.9 Å². The Morgan fingerprint density at radius 1 is 1.31 bits per heavy atom. The molecule has 2 rings (SSSR count). The summed E-state index contributed by atoms with van der Waals surface area (Å²) in [6, 6.07) is 0. The number of fused-ring (bicyclic) bond motifs is 1. The van der Waals surface area contributed by atoms with Gasteiger partial charge in [-0.2, -0.15) is 4.98 Å². The van der Waals surface area contributed by atoms with E-state index in [1.54, 1.807) is 25.7 Å². The summed E-state index contributed by atoms with van der Waals surface area (Å²) in [5, 5.41) is 2.90. The molecule has 0 bridgehead atoms. The van der Waals surface area contributed by atoms with E-state index in [4.69, 9.17) is 24.3 Å². The minimum absolute atomic E-state index is 0.0338. The number of nitrogens with two attached hydrogens (primary N) is 1. The van der Waals surface area contributed by atoms with Crippen LogP contribution < -0.4 is 21.5 Å².